The Balaban J connectivity index is 2.47. The quantitative estimate of drug-likeness (QED) is 0.626. The standard InChI is InChI=1S/C18H25F3N4O2S/c1-4-23(5-2)10-11-25(16-9-7-8-15(12-16)18(19,20)21)28(26,27)17-13-22-24(6-3)14-17/h7-9,12-14H,4-6,10-11H2,1-3H3. The highest BCUT2D eigenvalue weighted by Gasteiger charge is 2.33. The third kappa shape index (κ3) is 5.05. The molecule has 0 bridgehead atoms. The van der Waals surface area contributed by atoms with Gasteiger partial charge in [0.05, 0.1) is 17.4 Å². The maximum atomic E-state index is 13.2. The lowest BCUT2D eigenvalue weighted by molar-refractivity contribution is -0.137. The fraction of sp³-hybridized carbons (Fsp3) is 0.500. The molecule has 1 heterocycles. The number of rotatable bonds is 9. The number of hydrogen-bond donors (Lipinski definition) is 0. The minimum absolute atomic E-state index is 0.0220. The van der Waals surface area contributed by atoms with E-state index in [2.05, 4.69) is 5.10 Å². The van der Waals surface area contributed by atoms with Crippen LogP contribution >= 0.6 is 0 Å². The van der Waals surface area contributed by atoms with E-state index in [1.54, 1.807) is 0 Å². The molecule has 1 aromatic carbocycles. The number of anilines is 1. The van der Waals surface area contributed by atoms with Crippen LogP contribution in [-0.2, 0) is 22.7 Å². The molecule has 0 amide bonds. The van der Waals surface area contributed by atoms with Gasteiger partial charge in [-0.25, -0.2) is 8.42 Å². The Hall–Kier alpha value is -2.07. The van der Waals surface area contributed by atoms with Crippen molar-refractivity contribution in [2.45, 2.75) is 38.4 Å². The monoisotopic (exact) mass is 418 g/mol. The van der Waals surface area contributed by atoms with Gasteiger partial charge in [0.1, 0.15) is 4.90 Å². The second-order valence-corrected chi connectivity index (χ2v) is 8.05. The number of halogens is 3. The highest BCUT2D eigenvalue weighted by Crippen LogP contribution is 2.33. The van der Waals surface area contributed by atoms with E-state index in [1.165, 1.54) is 29.2 Å². The van der Waals surface area contributed by atoms with Gasteiger partial charge in [-0.1, -0.05) is 19.9 Å². The molecule has 156 valence electrons. The summed E-state index contributed by atoms with van der Waals surface area (Å²) >= 11 is 0. The molecule has 6 nitrogen and oxygen atoms in total. The molecule has 0 aliphatic carbocycles. The van der Waals surface area contributed by atoms with Crippen LogP contribution in [0.4, 0.5) is 18.9 Å². The van der Waals surface area contributed by atoms with E-state index in [1.807, 2.05) is 25.7 Å². The van der Waals surface area contributed by atoms with Crippen molar-refractivity contribution < 1.29 is 21.6 Å². The van der Waals surface area contributed by atoms with E-state index in [0.29, 0.717) is 26.2 Å². The Morgan fingerprint density at radius 3 is 2.32 bits per heavy atom. The van der Waals surface area contributed by atoms with Crippen molar-refractivity contribution in [2.24, 2.45) is 0 Å². The molecule has 1 aromatic heterocycles. The first-order valence-corrected chi connectivity index (χ1v) is 10.5. The second-order valence-electron chi connectivity index (χ2n) is 6.18. The molecule has 2 rings (SSSR count). The summed E-state index contributed by atoms with van der Waals surface area (Å²) in [6.07, 6.45) is -1.96. The summed E-state index contributed by atoms with van der Waals surface area (Å²) in [5.41, 5.74) is -0.913. The Labute approximate surface area is 163 Å². The Morgan fingerprint density at radius 2 is 1.79 bits per heavy atom. The summed E-state index contributed by atoms with van der Waals surface area (Å²) < 4.78 is 68.3. The first-order chi connectivity index (χ1) is 13.1. The van der Waals surface area contributed by atoms with Gasteiger partial charge in [-0.3, -0.25) is 8.99 Å². The lowest BCUT2D eigenvalue weighted by atomic mass is 10.2. The van der Waals surface area contributed by atoms with Crippen LogP contribution in [0.5, 0.6) is 0 Å². The number of nitrogens with zero attached hydrogens (tertiary/aromatic N) is 4. The fourth-order valence-electron chi connectivity index (χ4n) is 2.78. The van der Waals surface area contributed by atoms with Crippen molar-refractivity contribution in [3.8, 4) is 0 Å². The molecule has 0 aliphatic rings. The average molecular weight is 418 g/mol. The van der Waals surface area contributed by atoms with Gasteiger partial charge in [-0.2, -0.15) is 18.3 Å². The van der Waals surface area contributed by atoms with Gasteiger partial charge in [0.2, 0.25) is 0 Å². The van der Waals surface area contributed by atoms with Crippen molar-refractivity contribution in [3.05, 3.63) is 42.2 Å². The van der Waals surface area contributed by atoms with Gasteiger partial charge < -0.3 is 4.90 Å². The van der Waals surface area contributed by atoms with Crippen LogP contribution in [0.2, 0.25) is 0 Å². The van der Waals surface area contributed by atoms with E-state index < -0.39 is 21.8 Å². The molecule has 10 heteroatoms. The first kappa shape index (κ1) is 22.2. The molecule has 0 fully saturated rings. The lowest BCUT2D eigenvalue weighted by Gasteiger charge is -2.27. The van der Waals surface area contributed by atoms with Gasteiger partial charge in [0.25, 0.3) is 10.0 Å². The summed E-state index contributed by atoms with van der Waals surface area (Å²) in [7, 11) is -4.06. The molecular weight excluding hydrogens is 393 g/mol. The van der Waals surface area contributed by atoms with Crippen LogP contribution in [0.25, 0.3) is 0 Å². The highest BCUT2D eigenvalue weighted by atomic mass is 32.2. The highest BCUT2D eigenvalue weighted by molar-refractivity contribution is 7.92. The zero-order chi connectivity index (χ0) is 20.9. The summed E-state index contributed by atoms with van der Waals surface area (Å²) in [4.78, 5) is 1.96. The topological polar surface area (TPSA) is 58.4 Å². The Kier molecular flexibility index (Phi) is 7.11. The van der Waals surface area contributed by atoms with E-state index in [0.717, 1.165) is 16.4 Å². The molecule has 0 saturated carbocycles. The number of hydrogen-bond acceptors (Lipinski definition) is 4. The van der Waals surface area contributed by atoms with Crippen molar-refractivity contribution in [2.75, 3.05) is 30.5 Å². The second kappa shape index (κ2) is 8.95. The summed E-state index contributed by atoms with van der Waals surface area (Å²) in [5, 5.41) is 3.98. The van der Waals surface area contributed by atoms with Crippen LogP contribution in [0, 0.1) is 0 Å². The van der Waals surface area contributed by atoms with Gasteiger partial charge in [-0.15, -0.1) is 0 Å². The van der Waals surface area contributed by atoms with E-state index in [-0.39, 0.29) is 17.1 Å². The predicted octanol–water partition coefficient (Wildman–Crippen LogP) is 3.46. The molecule has 0 N–H and O–H groups in total. The molecule has 0 unspecified atom stereocenters. The number of benzene rings is 1. The molecule has 2 aromatic rings. The van der Waals surface area contributed by atoms with Gasteiger partial charge >= 0.3 is 6.18 Å². The number of likely N-dealkylation sites (N-methyl/N-ethyl adjacent to an activating group) is 1. The lowest BCUT2D eigenvalue weighted by Crippen LogP contribution is -2.38. The van der Waals surface area contributed by atoms with E-state index >= 15 is 0 Å². The predicted molar refractivity (Wildman–Crippen MR) is 102 cm³/mol. The number of alkyl halides is 3. The van der Waals surface area contributed by atoms with Crippen LogP contribution in [0.3, 0.4) is 0 Å². The SMILES string of the molecule is CCN(CC)CCN(c1cccc(C(F)(F)F)c1)S(=O)(=O)c1cnn(CC)c1. The number of aromatic nitrogens is 2. The largest absolute Gasteiger partial charge is 0.416 e. The summed E-state index contributed by atoms with van der Waals surface area (Å²) in [6, 6.07) is 4.38. The van der Waals surface area contributed by atoms with Crippen LogP contribution in [-0.4, -0.2) is 49.3 Å². The Bertz CT molecular complexity index is 877. The number of aryl methyl sites for hydroxylation is 1. The maximum Gasteiger partial charge on any atom is 0.416 e. The third-order valence-corrected chi connectivity index (χ3v) is 6.28. The maximum absolute atomic E-state index is 13.2. The van der Waals surface area contributed by atoms with Crippen LogP contribution in [0.1, 0.15) is 26.3 Å². The molecule has 0 radical (unpaired) electrons. The molecule has 0 spiro atoms. The van der Waals surface area contributed by atoms with Crippen LogP contribution < -0.4 is 4.31 Å². The zero-order valence-electron chi connectivity index (χ0n) is 16.1. The van der Waals surface area contributed by atoms with Crippen LogP contribution in [0.15, 0.2) is 41.6 Å². The fourth-order valence-corrected chi connectivity index (χ4v) is 4.18. The molecule has 28 heavy (non-hydrogen) atoms. The van der Waals surface area contributed by atoms with Gasteiger partial charge in [-0.05, 0) is 38.2 Å². The first-order valence-electron chi connectivity index (χ1n) is 9.08. The van der Waals surface area contributed by atoms with Crippen molar-refractivity contribution in [3.63, 3.8) is 0 Å². The summed E-state index contributed by atoms with van der Waals surface area (Å²) in [6.45, 7) is 8.02. The van der Waals surface area contributed by atoms with E-state index in [9.17, 15) is 21.6 Å². The molecule has 0 aliphatic heterocycles. The molecule has 0 saturated heterocycles. The van der Waals surface area contributed by atoms with Crippen molar-refractivity contribution in [1.82, 2.24) is 14.7 Å². The van der Waals surface area contributed by atoms with Gasteiger partial charge in [0, 0.05) is 25.8 Å². The van der Waals surface area contributed by atoms with E-state index in [4.69, 9.17) is 0 Å². The minimum atomic E-state index is -4.56. The van der Waals surface area contributed by atoms with Gasteiger partial charge in [0.15, 0.2) is 0 Å². The zero-order valence-corrected chi connectivity index (χ0v) is 17.0. The average Bonchev–Trinajstić information content (AvgIpc) is 3.15. The number of sulfonamides is 1. The Morgan fingerprint density at radius 1 is 1.11 bits per heavy atom. The van der Waals surface area contributed by atoms with Crippen molar-refractivity contribution >= 4 is 15.7 Å². The molecular formula is C18H25F3N4O2S. The summed E-state index contributed by atoms with van der Waals surface area (Å²) in [5.74, 6) is 0. The van der Waals surface area contributed by atoms with Crippen molar-refractivity contribution in [1.29, 1.82) is 0 Å². The third-order valence-electron chi connectivity index (χ3n) is 4.50. The molecule has 0 atom stereocenters. The normalized spacial score (nSPS) is 12.5. The smallest absolute Gasteiger partial charge is 0.302 e. The minimum Gasteiger partial charge on any atom is -0.302 e.